The van der Waals surface area contributed by atoms with Crippen LogP contribution in [0.1, 0.15) is 5.69 Å². The molecule has 0 aliphatic heterocycles. The monoisotopic (exact) mass is 253 g/mol. The Morgan fingerprint density at radius 2 is 2.31 bits per heavy atom. The van der Waals surface area contributed by atoms with Crippen molar-refractivity contribution in [3.63, 3.8) is 0 Å². The van der Waals surface area contributed by atoms with Crippen LogP contribution in [0.2, 0.25) is 5.02 Å². The highest BCUT2D eigenvalue weighted by molar-refractivity contribution is 7.98. The Balaban J connectivity index is 2.10. The second-order valence-corrected chi connectivity index (χ2v) is 4.90. The van der Waals surface area contributed by atoms with Crippen LogP contribution in [0.4, 0.5) is 5.69 Å². The van der Waals surface area contributed by atoms with E-state index in [1.807, 2.05) is 29.9 Å². The highest BCUT2D eigenvalue weighted by Gasteiger charge is 2.04. The van der Waals surface area contributed by atoms with Gasteiger partial charge in [-0.15, -0.1) is 11.8 Å². The minimum absolute atomic E-state index is 0.733. The van der Waals surface area contributed by atoms with Crippen molar-refractivity contribution in [3.05, 3.63) is 41.4 Å². The van der Waals surface area contributed by atoms with E-state index in [1.54, 1.807) is 24.2 Å². The molecule has 0 saturated carbocycles. The summed E-state index contributed by atoms with van der Waals surface area (Å²) in [5, 5.41) is 0.737. The van der Waals surface area contributed by atoms with Crippen molar-refractivity contribution >= 4 is 29.1 Å². The number of hydrogen-bond donors (Lipinski definition) is 1. The first-order chi connectivity index (χ1) is 7.66. The van der Waals surface area contributed by atoms with E-state index in [1.165, 1.54) is 0 Å². The molecule has 0 spiro atoms. The number of anilines is 1. The summed E-state index contributed by atoms with van der Waals surface area (Å²) >= 11 is 7.74. The van der Waals surface area contributed by atoms with Gasteiger partial charge in [0, 0.05) is 35.3 Å². The summed E-state index contributed by atoms with van der Waals surface area (Å²) in [6.07, 6.45) is 3.64. The highest BCUT2D eigenvalue weighted by Crippen LogP contribution is 2.31. The number of benzene rings is 1. The summed E-state index contributed by atoms with van der Waals surface area (Å²) < 4.78 is 1.99. The van der Waals surface area contributed by atoms with E-state index in [9.17, 15) is 0 Å². The molecule has 0 amide bonds. The maximum Gasteiger partial charge on any atom is 0.0945 e. The standard InChI is InChI=1S/C11H12ClN3S/c1-15-7-14-5-9(15)6-16-11-4-8(13)2-3-10(11)12/h2-5,7H,6,13H2,1H3. The van der Waals surface area contributed by atoms with E-state index >= 15 is 0 Å². The molecule has 0 unspecified atom stereocenters. The van der Waals surface area contributed by atoms with Gasteiger partial charge in [0.15, 0.2) is 0 Å². The maximum atomic E-state index is 6.08. The smallest absolute Gasteiger partial charge is 0.0945 e. The molecular formula is C11H12ClN3S. The first-order valence-corrected chi connectivity index (χ1v) is 6.16. The number of halogens is 1. The van der Waals surface area contributed by atoms with Gasteiger partial charge in [0.05, 0.1) is 11.3 Å². The SMILES string of the molecule is Cn1cncc1CSc1cc(N)ccc1Cl. The van der Waals surface area contributed by atoms with E-state index < -0.39 is 0 Å². The van der Waals surface area contributed by atoms with Crippen LogP contribution in [-0.2, 0) is 12.8 Å². The van der Waals surface area contributed by atoms with Gasteiger partial charge in [0.1, 0.15) is 0 Å². The van der Waals surface area contributed by atoms with Gasteiger partial charge >= 0.3 is 0 Å². The lowest BCUT2D eigenvalue weighted by atomic mass is 10.3. The lowest BCUT2D eigenvalue weighted by Gasteiger charge is -2.05. The van der Waals surface area contributed by atoms with E-state index in [0.29, 0.717) is 0 Å². The first-order valence-electron chi connectivity index (χ1n) is 4.80. The lowest BCUT2D eigenvalue weighted by Crippen LogP contribution is -1.92. The van der Waals surface area contributed by atoms with Crippen molar-refractivity contribution in [1.82, 2.24) is 9.55 Å². The number of aryl methyl sites for hydroxylation is 1. The molecule has 2 rings (SSSR count). The molecule has 0 radical (unpaired) electrons. The Morgan fingerprint density at radius 1 is 1.50 bits per heavy atom. The van der Waals surface area contributed by atoms with Crippen LogP contribution in [0.25, 0.3) is 0 Å². The van der Waals surface area contributed by atoms with Gasteiger partial charge in [-0.05, 0) is 18.2 Å². The number of nitrogens with zero attached hydrogens (tertiary/aromatic N) is 2. The number of thioether (sulfide) groups is 1. The van der Waals surface area contributed by atoms with Crippen molar-refractivity contribution in [2.75, 3.05) is 5.73 Å². The number of hydrogen-bond acceptors (Lipinski definition) is 3. The van der Waals surface area contributed by atoms with Crippen LogP contribution in [-0.4, -0.2) is 9.55 Å². The summed E-state index contributed by atoms with van der Waals surface area (Å²) in [5.74, 6) is 0.833. The number of nitrogens with two attached hydrogens (primary N) is 1. The van der Waals surface area contributed by atoms with Gasteiger partial charge in [-0.3, -0.25) is 0 Å². The van der Waals surface area contributed by atoms with E-state index in [4.69, 9.17) is 17.3 Å². The fraction of sp³-hybridized carbons (Fsp3) is 0.182. The average molecular weight is 254 g/mol. The van der Waals surface area contributed by atoms with E-state index in [2.05, 4.69) is 4.98 Å². The first kappa shape index (κ1) is 11.4. The summed E-state index contributed by atoms with van der Waals surface area (Å²) in [5.41, 5.74) is 7.61. The van der Waals surface area contributed by atoms with Crippen molar-refractivity contribution in [2.24, 2.45) is 7.05 Å². The molecule has 2 aromatic rings. The molecule has 2 N–H and O–H groups in total. The Kier molecular flexibility index (Phi) is 3.41. The molecule has 1 aromatic carbocycles. The molecule has 3 nitrogen and oxygen atoms in total. The van der Waals surface area contributed by atoms with Gasteiger partial charge in [-0.2, -0.15) is 0 Å². The van der Waals surface area contributed by atoms with E-state index in [-0.39, 0.29) is 0 Å². The zero-order valence-electron chi connectivity index (χ0n) is 8.85. The fourth-order valence-corrected chi connectivity index (χ4v) is 2.59. The molecule has 1 aromatic heterocycles. The molecule has 0 aliphatic carbocycles. The van der Waals surface area contributed by atoms with Crippen LogP contribution < -0.4 is 5.73 Å². The Morgan fingerprint density at radius 3 is 3.00 bits per heavy atom. The Bertz CT molecular complexity index is 496. The normalized spacial score (nSPS) is 10.6. The van der Waals surface area contributed by atoms with Crippen LogP contribution >= 0.6 is 23.4 Å². The third-order valence-electron chi connectivity index (χ3n) is 2.25. The number of imidazole rings is 1. The number of aromatic nitrogens is 2. The Labute approximate surface area is 104 Å². The summed E-state index contributed by atoms with van der Waals surface area (Å²) in [6.45, 7) is 0. The summed E-state index contributed by atoms with van der Waals surface area (Å²) in [6, 6.07) is 5.52. The average Bonchev–Trinajstić information content (AvgIpc) is 2.66. The van der Waals surface area contributed by atoms with E-state index in [0.717, 1.165) is 27.1 Å². The molecule has 0 aliphatic rings. The maximum absolute atomic E-state index is 6.08. The predicted molar refractivity (Wildman–Crippen MR) is 68.6 cm³/mol. The molecule has 0 saturated heterocycles. The summed E-state index contributed by atoms with van der Waals surface area (Å²) in [4.78, 5) is 5.07. The molecule has 16 heavy (non-hydrogen) atoms. The quantitative estimate of drug-likeness (QED) is 0.676. The van der Waals surface area contributed by atoms with Gasteiger partial charge in [-0.1, -0.05) is 11.6 Å². The molecule has 1 heterocycles. The number of rotatable bonds is 3. The highest BCUT2D eigenvalue weighted by atomic mass is 35.5. The van der Waals surface area contributed by atoms with Crippen molar-refractivity contribution in [3.8, 4) is 0 Å². The predicted octanol–water partition coefficient (Wildman–Crippen LogP) is 2.95. The largest absolute Gasteiger partial charge is 0.399 e. The van der Waals surface area contributed by atoms with Gasteiger partial charge in [0.25, 0.3) is 0 Å². The third-order valence-corrected chi connectivity index (χ3v) is 3.78. The van der Waals surface area contributed by atoms with Crippen molar-refractivity contribution in [2.45, 2.75) is 10.6 Å². The zero-order chi connectivity index (χ0) is 11.5. The van der Waals surface area contributed by atoms with Crippen molar-refractivity contribution < 1.29 is 0 Å². The van der Waals surface area contributed by atoms with Gasteiger partial charge in [-0.25, -0.2) is 4.98 Å². The summed E-state index contributed by atoms with van der Waals surface area (Å²) in [7, 11) is 1.98. The topological polar surface area (TPSA) is 43.8 Å². The minimum atomic E-state index is 0.733. The Hall–Kier alpha value is -1.13. The molecule has 0 atom stereocenters. The molecular weight excluding hydrogens is 242 g/mol. The fourth-order valence-electron chi connectivity index (χ4n) is 1.31. The van der Waals surface area contributed by atoms with Gasteiger partial charge in [0.2, 0.25) is 0 Å². The van der Waals surface area contributed by atoms with Crippen LogP contribution in [0, 0.1) is 0 Å². The molecule has 0 bridgehead atoms. The minimum Gasteiger partial charge on any atom is -0.399 e. The lowest BCUT2D eigenvalue weighted by molar-refractivity contribution is 0.867. The molecule has 0 fully saturated rings. The molecule has 84 valence electrons. The number of nitrogen functional groups attached to an aromatic ring is 1. The second-order valence-electron chi connectivity index (χ2n) is 3.47. The third kappa shape index (κ3) is 2.51. The molecule has 5 heteroatoms. The van der Waals surface area contributed by atoms with Crippen LogP contribution in [0.15, 0.2) is 35.6 Å². The van der Waals surface area contributed by atoms with Crippen LogP contribution in [0.3, 0.4) is 0 Å². The van der Waals surface area contributed by atoms with Crippen LogP contribution in [0.5, 0.6) is 0 Å². The van der Waals surface area contributed by atoms with Gasteiger partial charge < -0.3 is 10.3 Å². The second kappa shape index (κ2) is 4.80. The van der Waals surface area contributed by atoms with Crippen molar-refractivity contribution in [1.29, 1.82) is 0 Å². The zero-order valence-corrected chi connectivity index (χ0v) is 10.4.